The molecule has 2 aromatic rings. The van der Waals surface area contributed by atoms with Crippen LogP contribution >= 0.6 is 23.2 Å². The number of aromatic carboxylic acids is 1. The zero-order chi connectivity index (χ0) is 18.2. The average molecular weight is 390 g/mol. The second kappa shape index (κ2) is 6.51. The van der Waals surface area contributed by atoms with Gasteiger partial charge < -0.3 is 10.2 Å². The molecule has 0 bridgehead atoms. The van der Waals surface area contributed by atoms with Crippen LogP contribution < -0.4 is 4.72 Å². The minimum Gasteiger partial charge on any atom is -0.507 e. The van der Waals surface area contributed by atoms with E-state index < -0.39 is 21.7 Å². The Kier molecular flexibility index (Phi) is 4.98. The van der Waals surface area contributed by atoms with Gasteiger partial charge in [0.15, 0.2) is 0 Å². The molecular formula is C15H13Cl2NO5S. The molecule has 2 aromatic carbocycles. The normalized spacial score (nSPS) is 11.3. The predicted octanol–water partition coefficient (Wildman–Crippen LogP) is 3.81. The molecular weight excluding hydrogens is 377 g/mol. The summed E-state index contributed by atoms with van der Waals surface area (Å²) in [5.41, 5.74) is 0.430. The second-order valence-electron chi connectivity index (χ2n) is 5.09. The Morgan fingerprint density at radius 2 is 1.79 bits per heavy atom. The van der Waals surface area contributed by atoms with E-state index in [1.807, 2.05) is 0 Å². The third kappa shape index (κ3) is 3.43. The van der Waals surface area contributed by atoms with Crippen LogP contribution in [0.1, 0.15) is 21.5 Å². The number of anilines is 1. The highest BCUT2D eigenvalue weighted by molar-refractivity contribution is 7.93. The van der Waals surface area contributed by atoms with Gasteiger partial charge in [0.05, 0.1) is 10.7 Å². The Labute approximate surface area is 148 Å². The Bertz CT molecular complexity index is 915. The van der Waals surface area contributed by atoms with Crippen molar-refractivity contribution in [3.8, 4) is 5.75 Å². The monoisotopic (exact) mass is 389 g/mol. The van der Waals surface area contributed by atoms with Gasteiger partial charge in [-0.1, -0.05) is 23.2 Å². The predicted molar refractivity (Wildman–Crippen MR) is 91.8 cm³/mol. The number of carboxylic acids is 1. The van der Waals surface area contributed by atoms with Gasteiger partial charge in [-0.2, -0.15) is 0 Å². The first kappa shape index (κ1) is 18.4. The number of aryl methyl sites for hydroxylation is 1. The summed E-state index contributed by atoms with van der Waals surface area (Å²) < 4.78 is 27.5. The summed E-state index contributed by atoms with van der Waals surface area (Å²) in [6.45, 7) is 3.15. The van der Waals surface area contributed by atoms with Crippen molar-refractivity contribution >= 4 is 44.9 Å². The lowest BCUT2D eigenvalue weighted by Crippen LogP contribution is -2.15. The smallest absolute Gasteiger partial charge is 0.339 e. The maximum absolute atomic E-state index is 12.6. The Balaban J connectivity index is 2.51. The van der Waals surface area contributed by atoms with Gasteiger partial charge in [0.1, 0.15) is 16.2 Å². The Morgan fingerprint density at radius 3 is 2.33 bits per heavy atom. The topological polar surface area (TPSA) is 104 Å². The van der Waals surface area contributed by atoms with Gasteiger partial charge in [-0.3, -0.25) is 4.72 Å². The van der Waals surface area contributed by atoms with Crippen molar-refractivity contribution in [2.24, 2.45) is 0 Å². The molecule has 6 nitrogen and oxygen atoms in total. The molecule has 0 aliphatic carbocycles. The fraction of sp³-hybridized carbons (Fsp3) is 0.133. The van der Waals surface area contributed by atoms with Crippen LogP contribution in [0.4, 0.5) is 5.69 Å². The molecule has 0 aromatic heterocycles. The highest BCUT2D eigenvalue weighted by atomic mass is 35.5. The number of carbonyl (C=O) groups is 1. The number of aromatic hydroxyl groups is 1. The third-order valence-electron chi connectivity index (χ3n) is 3.34. The number of hydrogen-bond acceptors (Lipinski definition) is 4. The number of halogens is 2. The summed E-state index contributed by atoms with van der Waals surface area (Å²) >= 11 is 12.1. The van der Waals surface area contributed by atoms with Crippen LogP contribution in [0.25, 0.3) is 0 Å². The molecule has 0 heterocycles. The number of benzene rings is 2. The number of nitrogens with one attached hydrogen (secondary N) is 1. The Morgan fingerprint density at radius 1 is 1.17 bits per heavy atom. The van der Waals surface area contributed by atoms with Crippen LogP contribution in [-0.4, -0.2) is 24.6 Å². The lowest BCUT2D eigenvalue weighted by atomic mass is 10.2. The lowest BCUT2D eigenvalue weighted by Gasteiger charge is -2.15. The fourth-order valence-electron chi connectivity index (χ4n) is 2.12. The summed E-state index contributed by atoms with van der Waals surface area (Å²) in [7, 11) is -4.09. The zero-order valence-corrected chi connectivity index (χ0v) is 14.9. The van der Waals surface area contributed by atoms with Crippen molar-refractivity contribution in [2.75, 3.05) is 4.72 Å². The molecule has 2 rings (SSSR count). The van der Waals surface area contributed by atoms with Gasteiger partial charge in [-0.15, -0.1) is 0 Å². The van der Waals surface area contributed by atoms with E-state index in [-0.39, 0.29) is 31.8 Å². The van der Waals surface area contributed by atoms with Gasteiger partial charge >= 0.3 is 5.97 Å². The molecule has 0 saturated carbocycles. The van der Waals surface area contributed by atoms with Gasteiger partial charge in [0, 0.05) is 11.1 Å². The largest absolute Gasteiger partial charge is 0.507 e. The highest BCUT2D eigenvalue weighted by Gasteiger charge is 2.24. The van der Waals surface area contributed by atoms with Crippen molar-refractivity contribution in [3.05, 3.63) is 51.0 Å². The Hall–Kier alpha value is -1.96. The van der Waals surface area contributed by atoms with Crippen molar-refractivity contribution in [2.45, 2.75) is 18.7 Å². The third-order valence-corrected chi connectivity index (χ3v) is 5.88. The molecule has 9 heteroatoms. The fourth-order valence-corrected chi connectivity index (χ4v) is 4.38. The van der Waals surface area contributed by atoms with E-state index >= 15 is 0 Å². The molecule has 0 saturated heterocycles. The van der Waals surface area contributed by atoms with Gasteiger partial charge in [0.2, 0.25) is 0 Å². The number of hydrogen-bond donors (Lipinski definition) is 3. The van der Waals surface area contributed by atoms with Crippen molar-refractivity contribution < 1.29 is 23.4 Å². The molecule has 0 aliphatic heterocycles. The van der Waals surface area contributed by atoms with Crippen LogP contribution in [0.5, 0.6) is 5.75 Å². The lowest BCUT2D eigenvalue weighted by molar-refractivity contribution is 0.0694. The summed E-state index contributed by atoms with van der Waals surface area (Å²) in [6, 6.07) is 4.88. The second-order valence-corrected chi connectivity index (χ2v) is 7.49. The minimum atomic E-state index is -4.09. The quantitative estimate of drug-likeness (QED) is 0.737. The maximum atomic E-state index is 12.6. The first-order valence-electron chi connectivity index (χ1n) is 6.59. The number of carboxylic acid groups (broad SMARTS) is 1. The molecule has 0 radical (unpaired) electrons. The van der Waals surface area contributed by atoms with Crippen molar-refractivity contribution in [3.63, 3.8) is 0 Å². The van der Waals surface area contributed by atoms with Crippen LogP contribution in [0.15, 0.2) is 29.2 Å². The van der Waals surface area contributed by atoms with Crippen LogP contribution in [0, 0.1) is 13.8 Å². The van der Waals surface area contributed by atoms with Gasteiger partial charge in [-0.25, -0.2) is 13.2 Å². The first-order valence-corrected chi connectivity index (χ1v) is 8.83. The summed E-state index contributed by atoms with van der Waals surface area (Å²) in [5, 5.41) is 18.8. The van der Waals surface area contributed by atoms with E-state index in [2.05, 4.69) is 4.72 Å². The minimum absolute atomic E-state index is 0.00871. The molecule has 0 atom stereocenters. The molecule has 3 N–H and O–H groups in total. The van der Waals surface area contributed by atoms with E-state index in [0.717, 1.165) is 12.1 Å². The average Bonchev–Trinajstić information content (AvgIpc) is 2.44. The van der Waals surface area contributed by atoms with Crippen LogP contribution in [-0.2, 0) is 10.0 Å². The van der Waals surface area contributed by atoms with E-state index in [0.29, 0.717) is 5.56 Å². The van der Waals surface area contributed by atoms with Gasteiger partial charge in [0.25, 0.3) is 10.0 Å². The van der Waals surface area contributed by atoms with E-state index in [9.17, 15) is 18.3 Å². The number of sulfonamides is 1. The van der Waals surface area contributed by atoms with Crippen LogP contribution in [0.2, 0.25) is 10.0 Å². The zero-order valence-electron chi connectivity index (χ0n) is 12.6. The maximum Gasteiger partial charge on any atom is 0.339 e. The van der Waals surface area contributed by atoms with Crippen molar-refractivity contribution in [1.82, 2.24) is 0 Å². The van der Waals surface area contributed by atoms with E-state index in [4.69, 9.17) is 28.3 Å². The molecule has 0 amide bonds. The summed E-state index contributed by atoms with van der Waals surface area (Å²) in [4.78, 5) is 10.7. The number of rotatable bonds is 4. The molecule has 0 unspecified atom stereocenters. The molecule has 128 valence electrons. The molecule has 0 aliphatic rings. The first-order chi connectivity index (χ1) is 11.0. The standard InChI is InChI=1S/C15H13Cl2NO5S/c1-7-5-11(16)8(2)14(13(7)17)24(22,23)18-9-3-4-10(15(20)21)12(19)6-9/h3-6,18-19H,1-2H3,(H,20,21). The van der Waals surface area contributed by atoms with E-state index in [1.165, 1.54) is 13.0 Å². The van der Waals surface area contributed by atoms with Gasteiger partial charge in [-0.05, 0) is 43.2 Å². The number of phenols is 1. The molecule has 0 spiro atoms. The molecule has 0 fully saturated rings. The highest BCUT2D eigenvalue weighted by Crippen LogP contribution is 2.34. The summed E-state index contributed by atoms with van der Waals surface area (Å²) in [6.07, 6.45) is 0. The van der Waals surface area contributed by atoms with Crippen molar-refractivity contribution in [1.29, 1.82) is 0 Å². The van der Waals surface area contributed by atoms with Crippen LogP contribution in [0.3, 0.4) is 0 Å². The summed E-state index contributed by atoms with van der Waals surface area (Å²) in [5.74, 6) is -1.89. The molecule has 24 heavy (non-hydrogen) atoms. The van der Waals surface area contributed by atoms with E-state index in [1.54, 1.807) is 13.0 Å². The SMILES string of the molecule is Cc1cc(Cl)c(C)c(S(=O)(=O)Nc2ccc(C(=O)O)c(O)c2)c1Cl.